The number of aryl methyl sites for hydroxylation is 1. The molecule has 1 aromatic rings. The van der Waals surface area contributed by atoms with Gasteiger partial charge in [-0.15, -0.1) is 0 Å². The molecule has 2 rings (SSSR count). The zero-order valence-electron chi connectivity index (χ0n) is 10.3. The molecular formula is C13H22N2O. The summed E-state index contributed by atoms with van der Waals surface area (Å²) in [6.45, 7) is 5.08. The van der Waals surface area contributed by atoms with Crippen LogP contribution in [0.4, 0.5) is 0 Å². The SMILES string of the molecule is CCC1CCCCC1NCc1cc(C)no1. The molecule has 1 N–H and O–H groups in total. The Labute approximate surface area is 97.6 Å². The normalized spacial score (nSPS) is 25.9. The standard InChI is InChI=1S/C13H22N2O/c1-3-11-6-4-5-7-13(11)14-9-12-8-10(2)15-16-12/h8,11,13-14H,3-7,9H2,1-2H3. The third-order valence-corrected chi connectivity index (χ3v) is 3.65. The largest absolute Gasteiger partial charge is 0.360 e. The Morgan fingerprint density at radius 2 is 2.25 bits per heavy atom. The highest BCUT2D eigenvalue weighted by Crippen LogP contribution is 2.26. The molecule has 1 saturated carbocycles. The van der Waals surface area contributed by atoms with Crippen LogP contribution in [0.1, 0.15) is 50.5 Å². The molecule has 2 unspecified atom stereocenters. The molecule has 1 aliphatic rings. The Morgan fingerprint density at radius 3 is 2.94 bits per heavy atom. The van der Waals surface area contributed by atoms with Gasteiger partial charge in [-0.25, -0.2) is 0 Å². The predicted molar refractivity (Wildman–Crippen MR) is 64.1 cm³/mol. The van der Waals surface area contributed by atoms with Gasteiger partial charge in [-0.05, 0) is 25.7 Å². The van der Waals surface area contributed by atoms with Crippen LogP contribution in [0, 0.1) is 12.8 Å². The van der Waals surface area contributed by atoms with Crippen LogP contribution in [-0.2, 0) is 6.54 Å². The summed E-state index contributed by atoms with van der Waals surface area (Å²) >= 11 is 0. The van der Waals surface area contributed by atoms with Crippen LogP contribution in [0.2, 0.25) is 0 Å². The van der Waals surface area contributed by atoms with Gasteiger partial charge in [-0.1, -0.05) is 31.3 Å². The second kappa shape index (κ2) is 5.48. The summed E-state index contributed by atoms with van der Waals surface area (Å²) in [5.74, 6) is 1.80. The van der Waals surface area contributed by atoms with E-state index in [9.17, 15) is 0 Å². The lowest BCUT2D eigenvalue weighted by Crippen LogP contribution is -2.37. The molecule has 3 heteroatoms. The van der Waals surface area contributed by atoms with E-state index in [1.165, 1.54) is 32.1 Å². The van der Waals surface area contributed by atoms with Gasteiger partial charge >= 0.3 is 0 Å². The molecule has 0 radical (unpaired) electrons. The number of rotatable bonds is 4. The second-order valence-corrected chi connectivity index (χ2v) is 4.87. The van der Waals surface area contributed by atoms with Crippen molar-refractivity contribution >= 4 is 0 Å². The first-order valence-corrected chi connectivity index (χ1v) is 6.45. The molecule has 90 valence electrons. The van der Waals surface area contributed by atoms with Crippen molar-refractivity contribution in [3.8, 4) is 0 Å². The highest BCUT2D eigenvalue weighted by atomic mass is 16.5. The molecule has 0 amide bonds. The Bertz CT molecular complexity index is 321. The number of nitrogens with zero attached hydrogens (tertiary/aromatic N) is 1. The third-order valence-electron chi connectivity index (χ3n) is 3.65. The van der Waals surface area contributed by atoms with Crippen LogP contribution in [-0.4, -0.2) is 11.2 Å². The van der Waals surface area contributed by atoms with E-state index in [-0.39, 0.29) is 0 Å². The first-order valence-electron chi connectivity index (χ1n) is 6.45. The van der Waals surface area contributed by atoms with Gasteiger partial charge in [0.2, 0.25) is 0 Å². The van der Waals surface area contributed by atoms with Crippen molar-refractivity contribution in [2.45, 2.75) is 58.5 Å². The zero-order valence-corrected chi connectivity index (χ0v) is 10.3. The average molecular weight is 222 g/mol. The van der Waals surface area contributed by atoms with Gasteiger partial charge in [-0.2, -0.15) is 0 Å². The average Bonchev–Trinajstić information content (AvgIpc) is 2.73. The molecule has 0 aliphatic heterocycles. The van der Waals surface area contributed by atoms with Gasteiger partial charge in [0, 0.05) is 12.1 Å². The fourth-order valence-electron chi connectivity index (χ4n) is 2.70. The Morgan fingerprint density at radius 1 is 1.44 bits per heavy atom. The number of nitrogens with one attached hydrogen (secondary N) is 1. The number of aromatic nitrogens is 1. The lowest BCUT2D eigenvalue weighted by Gasteiger charge is -2.31. The van der Waals surface area contributed by atoms with Crippen LogP contribution in [0.15, 0.2) is 10.6 Å². The molecule has 0 saturated heterocycles. The highest BCUT2D eigenvalue weighted by Gasteiger charge is 2.23. The van der Waals surface area contributed by atoms with Crippen LogP contribution in [0.5, 0.6) is 0 Å². The molecule has 0 spiro atoms. The van der Waals surface area contributed by atoms with Crippen molar-refractivity contribution in [2.24, 2.45) is 5.92 Å². The minimum absolute atomic E-state index is 0.671. The van der Waals surface area contributed by atoms with Crippen LogP contribution < -0.4 is 5.32 Å². The minimum atomic E-state index is 0.671. The predicted octanol–water partition coefficient (Wildman–Crippen LogP) is 3.04. The van der Waals surface area contributed by atoms with Gasteiger partial charge in [0.25, 0.3) is 0 Å². The first-order chi connectivity index (χ1) is 7.79. The van der Waals surface area contributed by atoms with E-state index in [0.717, 1.165) is 23.9 Å². The maximum absolute atomic E-state index is 5.21. The van der Waals surface area contributed by atoms with E-state index >= 15 is 0 Å². The highest BCUT2D eigenvalue weighted by molar-refractivity contribution is 5.02. The molecule has 0 aromatic carbocycles. The van der Waals surface area contributed by atoms with E-state index in [1.54, 1.807) is 0 Å². The lowest BCUT2D eigenvalue weighted by atomic mass is 9.83. The van der Waals surface area contributed by atoms with Gasteiger partial charge in [0.15, 0.2) is 5.76 Å². The summed E-state index contributed by atoms with van der Waals surface area (Å²) in [4.78, 5) is 0. The summed E-state index contributed by atoms with van der Waals surface area (Å²) in [5.41, 5.74) is 0.965. The molecule has 16 heavy (non-hydrogen) atoms. The van der Waals surface area contributed by atoms with Gasteiger partial charge in [-0.3, -0.25) is 0 Å². The van der Waals surface area contributed by atoms with E-state index in [4.69, 9.17) is 4.52 Å². The first kappa shape index (κ1) is 11.6. The van der Waals surface area contributed by atoms with Crippen molar-refractivity contribution in [2.75, 3.05) is 0 Å². The van der Waals surface area contributed by atoms with Crippen molar-refractivity contribution < 1.29 is 4.52 Å². The Hall–Kier alpha value is -0.830. The number of hydrogen-bond acceptors (Lipinski definition) is 3. The van der Waals surface area contributed by atoms with Crippen molar-refractivity contribution in [1.82, 2.24) is 10.5 Å². The molecule has 1 fully saturated rings. The summed E-state index contributed by atoms with van der Waals surface area (Å²) in [5, 5.41) is 7.52. The topological polar surface area (TPSA) is 38.1 Å². The lowest BCUT2D eigenvalue weighted by molar-refractivity contribution is 0.245. The van der Waals surface area contributed by atoms with E-state index < -0.39 is 0 Å². The Balaban J connectivity index is 1.84. The maximum Gasteiger partial charge on any atom is 0.150 e. The molecule has 0 bridgehead atoms. The van der Waals surface area contributed by atoms with Crippen molar-refractivity contribution in [3.05, 3.63) is 17.5 Å². The van der Waals surface area contributed by atoms with Crippen LogP contribution >= 0.6 is 0 Å². The fourth-order valence-corrected chi connectivity index (χ4v) is 2.70. The molecule has 1 aliphatic carbocycles. The Kier molecular flexibility index (Phi) is 3.99. The van der Waals surface area contributed by atoms with Crippen molar-refractivity contribution in [1.29, 1.82) is 0 Å². The number of hydrogen-bond donors (Lipinski definition) is 1. The van der Waals surface area contributed by atoms with Gasteiger partial charge in [0.1, 0.15) is 0 Å². The van der Waals surface area contributed by atoms with Crippen LogP contribution in [0.3, 0.4) is 0 Å². The second-order valence-electron chi connectivity index (χ2n) is 4.87. The smallest absolute Gasteiger partial charge is 0.150 e. The third kappa shape index (κ3) is 2.85. The molecule has 1 aromatic heterocycles. The molecule has 2 atom stereocenters. The van der Waals surface area contributed by atoms with Crippen molar-refractivity contribution in [3.63, 3.8) is 0 Å². The monoisotopic (exact) mass is 222 g/mol. The van der Waals surface area contributed by atoms with Gasteiger partial charge < -0.3 is 9.84 Å². The van der Waals surface area contributed by atoms with Gasteiger partial charge in [0.05, 0.1) is 12.2 Å². The summed E-state index contributed by atoms with van der Waals surface area (Å²) in [7, 11) is 0. The maximum atomic E-state index is 5.21. The van der Waals surface area contributed by atoms with Crippen LogP contribution in [0.25, 0.3) is 0 Å². The minimum Gasteiger partial charge on any atom is -0.360 e. The quantitative estimate of drug-likeness (QED) is 0.851. The zero-order chi connectivity index (χ0) is 11.4. The fraction of sp³-hybridized carbons (Fsp3) is 0.769. The van der Waals surface area contributed by atoms with E-state index in [2.05, 4.69) is 17.4 Å². The summed E-state index contributed by atoms with van der Waals surface area (Å²) in [6, 6.07) is 2.68. The van der Waals surface area contributed by atoms with E-state index in [1.807, 2.05) is 13.0 Å². The summed E-state index contributed by atoms with van der Waals surface area (Å²) < 4.78 is 5.21. The molecular weight excluding hydrogens is 200 g/mol. The molecule has 1 heterocycles. The molecule has 3 nitrogen and oxygen atoms in total. The summed E-state index contributed by atoms with van der Waals surface area (Å²) in [6.07, 6.45) is 6.74. The van der Waals surface area contributed by atoms with E-state index in [0.29, 0.717) is 6.04 Å².